The number of alkyl halides is 1. The largest absolute Gasteiger partial charge is 0.366 e. The Hall–Kier alpha value is -1.03. The predicted octanol–water partition coefficient (Wildman–Crippen LogP) is 2.24. The fourth-order valence-corrected chi connectivity index (χ4v) is 1.68. The molecule has 0 fully saturated rings. The number of thioether (sulfide) groups is 1. The van der Waals surface area contributed by atoms with Crippen molar-refractivity contribution >= 4 is 17.7 Å². The molecule has 1 amide bonds. The third kappa shape index (κ3) is 3.38. The maximum atomic E-state index is 12.5. The molecule has 1 aromatic rings. The average molecular weight is 213 g/mol. The highest BCUT2D eigenvalue weighted by molar-refractivity contribution is 7.99. The molecule has 0 aliphatic rings. The highest BCUT2D eigenvalue weighted by Gasteiger charge is 2.02. The quantitative estimate of drug-likeness (QED) is 0.779. The SMILES string of the molecule is CC(F)CSc1ccc(C(N)=O)cc1. The monoisotopic (exact) mass is 213 g/mol. The molecule has 1 aromatic carbocycles. The fourth-order valence-electron chi connectivity index (χ4n) is 0.926. The molecule has 0 aliphatic heterocycles. The van der Waals surface area contributed by atoms with Crippen LogP contribution in [0.25, 0.3) is 0 Å². The van der Waals surface area contributed by atoms with Crippen LogP contribution < -0.4 is 5.73 Å². The Balaban J connectivity index is 2.60. The van der Waals surface area contributed by atoms with Gasteiger partial charge in [-0.25, -0.2) is 4.39 Å². The van der Waals surface area contributed by atoms with Crippen LogP contribution in [0, 0.1) is 0 Å². The molecule has 0 saturated heterocycles. The molecule has 0 saturated carbocycles. The molecule has 0 heterocycles. The molecular formula is C10H12FNOS. The number of carbonyl (C=O) groups is 1. The third-order valence-electron chi connectivity index (χ3n) is 1.62. The molecule has 14 heavy (non-hydrogen) atoms. The molecule has 0 spiro atoms. The minimum Gasteiger partial charge on any atom is -0.366 e. The van der Waals surface area contributed by atoms with E-state index in [4.69, 9.17) is 5.73 Å². The van der Waals surface area contributed by atoms with E-state index in [1.165, 1.54) is 18.7 Å². The van der Waals surface area contributed by atoms with Crippen LogP contribution >= 0.6 is 11.8 Å². The minimum absolute atomic E-state index is 0.427. The standard InChI is InChI=1S/C10H12FNOS/c1-7(11)6-14-9-4-2-8(3-5-9)10(12)13/h2-5,7H,6H2,1H3,(H2,12,13). The summed E-state index contributed by atoms with van der Waals surface area (Å²) >= 11 is 1.42. The van der Waals surface area contributed by atoms with Crippen LogP contribution in [0.4, 0.5) is 4.39 Å². The summed E-state index contributed by atoms with van der Waals surface area (Å²) in [6.45, 7) is 1.52. The van der Waals surface area contributed by atoms with Crippen molar-refractivity contribution in [2.75, 3.05) is 5.75 Å². The Kier molecular flexibility index (Phi) is 3.95. The molecule has 1 atom stereocenters. The summed E-state index contributed by atoms with van der Waals surface area (Å²) in [6, 6.07) is 6.83. The van der Waals surface area contributed by atoms with Crippen molar-refractivity contribution in [2.45, 2.75) is 18.0 Å². The Labute approximate surface area is 86.7 Å². The van der Waals surface area contributed by atoms with Crippen LogP contribution in [0.5, 0.6) is 0 Å². The van der Waals surface area contributed by atoms with Crippen LogP contribution in [-0.4, -0.2) is 17.8 Å². The lowest BCUT2D eigenvalue weighted by molar-refractivity contribution is 0.1000. The number of primary amides is 1. The second kappa shape index (κ2) is 5.00. The van der Waals surface area contributed by atoms with E-state index < -0.39 is 12.1 Å². The van der Waals surface area contributed by atoms with Crippen molar-refractivity contribution in [2.24, 2.45) is 5.73 Å². The maximum absolute atomic E-state index is 12.5. The number of halogens is 1. The Bertz CT molecular complexity index is 310. The van der Waals surface area contributed by atoms with E-state index in [2.05, 4.69) is 0 Å². The third-order valence-corrected chi connectivity index (χ3v) is 2.85. The zero-order valence-corrected chi connectivity index (χ0v) is 8.68. The van der Waals surface area contributed by atoms with Gasteiger partial charge in [0.15, 0.2) is 0 Å². The van der Waals surface area contributed by atoms with E-state index in [9.17, 15) is 9.18 Å². The summed E-state index contributed by atoms with van der Waals surface area (Å²) in [6.07, 6.45) is -0.823. The fraction of sp³-hybridized carbons (Fsp3) is 0.300. The van der Waals surface area contributed by atoms with E-state index in [0.29, 0.717) is 11.3 Å². The number of hydrogen-bond acceptors (Lipinski definition) is 2. The molecule has 1 rings (SSSR count). The lowest BCUT2D eigenvalue weighted by Crippen LogP contribution is -2.10. The molecule has 0 radical (unpaired) electrons. The van der Waals surface area contributed by atoms with Gasteiger partial charge in [0.2, 0.25) is 5.91 Å². The van der Waals surface area contributed by atoms with Gasteiger partial charge in [-0.1, -0.05) is 0 Å². The van der Waals surface area contributed by atoms with Gasteiger partial charge in [0.25, 0.3) is 0 Å². The van der Waals surface area contributed by atoms with Crippen LogP contribution in [0.2, 0.25) is 0 Å². The number of hydrogen-bond donors (Lipinski definition) is 1. The summed E-state index contributed by atoms with van der Waals surface area (Å²) in [7, 11) is 0. The van der Waals surface area contributed by atoms with Crippen LogP contribution in [-0.2, 0) is 0 Å². The van der Waals surface area contributed by atoms with E-state index >= 15 is 0 Å². The summed E-state index contributed by atoms with van der Waals surface area (Å²) in [5.74, 6) is -0.0176. The summed E-state index contributed by atoms with van der Waals surface area (Å²) in [5.41, 5.74) is 5.55. The van der Waals surface area contributed by atoms with Crippen LogP contribution in [0.1, 0.15) is 17.3 Å². The van der Waals surface area contributed by atoms with E-state index in [-0.39, 0.29) is 0 Å². The Morgan fingerprint density at radius 1 is 1.50 bits per heavy atom. The maximum Gasteiger partial charge on any atom is 0.248 e. The Morgan fingerprint density at radius 2 is 2.07 bits per heavy atom. The molecular weight excluding hydrogens is 201 g/mol. The van der Waals surface area contributed by atoms with Gasteiger partial charge in [-0.05, 0) is 31.2 Å². The first-order chi connectivity index (χ1) is 6.59. The average Bonchev–Trinajstić information content (AvgIpc) is 2.15. The number of benzene rings is 1. The topological polar surface area (TPSA) is 43.1 Å². The van der Waals surface area contributed by atoms with Crippen LogP contribution in [0.15, 0.2) is 29.2 Å². The zero-order valence-electron chi connectivity index (χ0n) is 7.87. The van der Waals surface area contributed by atoms with E-state index in [1.807, 2.05) is 0 Å². The molecule has 0 aliphatic carbocycles. The highest BCUT2D eigenvalue weighted by atomic mass is 32.2. The van der Waals surface area contributed by atoms with E-state index in [0.717, 1.165) is 4.90 Å². The van der Waals surface area contributed by atoms with Gasteiger partial charge in [-0.3, -0.25) is 4.79 Å². The number of carbonyl (C=O) groups excluding carboxylic acids is 1. The minimum atomic E-state index is -0.823. The van der Waals surface area contributed by atoms with Gasteiger partial charge in [-0.2, -0.15) is 0 Å². The van der Waals surface area contributed by atoms with Gasteiger partial charge in [-0.15, -0.1) is 11.8 Å². The predicted molar refractivity (Wildman–Crippen MR) is 56.3 cm³/mol. The summed E-state index contributed by atoms with van der Waals surface area (Å²) in [4.78, 5) is 11.7. The lowest BCUT2D eigenvalue weighted by Gasteiger charge is -2.02. The van der Waals surface area contributed by atoms with E-state index in [1.54, 1.807) is 24.3 Å². The van der Waals surface area contributed by atoms with Gasteiger partial charge in [0.1, 0.15) is 6.17 Å². The number of nitrogens with two attached hydrogens (primary N) is 1. The van der Waals surface area contributed by atoms with Crippen molar-refractivity contribution in [1.82, 2.24) is 0 Å². The molecule has 1 unspecified atom stereocenters. The van der Waals surface area contributed by atoms with Gasteiger partial charge < -0.3 is 5.73 Å². The molecule has 0 aromatic heterocycles. The Morgan fingerprint density at radius 3 is 2.50 bits per heavy atom. The lowest BCUT2D eigenvalue weighted by atomic mass is 10.2. The molecule has 0 bridgehead atoms. The van der Waals surface area contributed by atoms with Gasteiger partial charge in [0.05, 0.1) is 0 Å². The molecule has 2 nitrogen and oxygen atoms in total. The van der Waals surface area contributed by atoms with Crippen molar-refractivity contribution < 1.29 is 9.18 Å². The second-order valence-electron chi connectivity index (χ2n) is 2.98. The first-order valence-corrected chi connectivity index (χ1v) is 5.25. The second-order valence-corrected chi connectivity index (χ2v) is 4.07. The van der Waals surface area contributed by atoms with Gasteiger partial charge >= 0.3 is 0 Å². The molecule has 4 heteroatoms. The normalized spacial score (nSPS) is 12.4. The van der Waals surface area contributed by atoms with Crippen molar-refractivity contribution in [3.63, 3.8) is 0 Å². The first kappa shape index (κ1) is 11.0. The van der Waals surface area contributed by atoms with Crippen molar-refractivity contribution in [3.8, 4) is 0 Å². The number of rotatable bonds is 4. The van der Waals surface area contributed by atoms with Crippen molar-refractivity contribution in [3.05, 3.63) is 29.8 Å². The van der Waals surface area contributed by atoms with Gasteiger partial charge in [0, 0.05) is 16.2 Å². The van der Waals surface area contributed by atoms with Crippen molar-refractivity contribution in [1.29, 1.82) is 0 Å². The number of amides is 1. The molecule has 2 N–H and O–H groups in total. The highest BCUT2D eigenvalue weighted by Crippen LogP contribution is 2.19. The molecule has 76 valence electrons. The zero-order chi connectivity index (χ0) is 10.6. The smallest absolute Gasteiger partial charge is 0.248 e. The van der Waals surface area contributed by atoms with Crippen LogP contribution in [0.3, 0.4) is 0 Å². The first-order valence-electron chi connectivity index (χ1n) is 4.26. The summed E-state index contributed by atoms with van der Waals surface area (Å²) in [5, 5.41) is 0. The summed E-state index contributed by atoms with van der Waals surface area (Å²) < 4.78 is 12.5.